The van der Waals surface area contributed by atoms with Gasteiger partial charge in [-0.25, -0.2) is 4.98 Å². The number of pyridine rings is 1. The Morgan fingerprint density at radius 1 is 1.13 bits per heavy atom. The second-order valence-electron chi connectivity index (χ2n) is 5.77. The number of aryl methyl sites for hydroxylation is 2. The van der Waals surface area contributed by atoms with Gasteiger partial charge in [0.05, 0.1) is 5.37 Å². The number of nitrogens with two attached hydrogens (primary N) is 1. The van der Waals surface area contributed by atoms with Crippen molar-refractivity contribution in [2.75, 3.05) is 10.6 Å². The fourth-order valence-electron chi connectivity index (χ4n) is 2.71. The SMILES string of the molecule is Cc1cc(C)cc(N2C=CC=CC2SCc2ccnc(N)c2)c1. The quantitative estimate of drug-likeness (QED) is 0.904. The second kappa shape index (κ2) is 6.92. The van der Waals surface area contributed by atoms with Gasteiger partial charge in [0, 0.05) is 23.8 Å². The molecule has 1 atom stereocenters. The molecule has 118 valence electrons. The van der Waals surface area contributed by atoms with Crippen LogP contribution in [0.3, 0.4) is 0 Å². The number of nitrogen functional groups attached to an aromatic ring is 1. The van der Waals surface area contributed by atoms with Crippen LogP contribution in [0.5, 0.6) is 0 Å². The van der Waals surface area contributed by atoms with E-state index in [1.54, 1.807) is 6.20 Å². The summed E-state index contributed by atoms with van der Waals surface area (Å²) in [7, 11) is 0. The number of benzene rings is 1. The van der Waals surface area contributed by atoms with Gasteiger partial charge in [-0.15, -0.1) is 11.8 Å². The Bertz CT molecular complexity index is 732. The molecule has 0 radical (unpaired) electrons. The maximum atomic E-state index is 5.76. The highest BCUT2D eigenvalue weighted by Gasteiger charge is 2.17. The molecule has 0 bridgehead atoms. The van der Waals surface area contributed by atoms with Crippen LogP contribution < -0.4 is 10.6 Å². The summed E-state index contributed by atoms with van der Waals surface area (Å²) in [5.74, 6) is 1.48. The van der Waals surface area contributed by atoms with Gasteiger partial charge in [-0.3, -0.25) is 0 Å². The summed E-state index contributed by atoms with van der Waals surface area (Å²) in [4.78, 5) is 6.36. The third kappa shape index (κ3) is 3.96. The molecule has 2 heterocycles. The Morgan fingerprint density at radius 2 is 1.91 bits per heavy atom. The van der Waals surface area contributed by atoms with Gasteiger partial charge in [-0.2, -0.15) is 0 Å². The van der Waals surface area contributed by atoms with Crippen LogP contribution in [-0.2, 0) is 5.75 Å². The normalized spacial score (nSPS) is 16.8. The van der Waals surface area contributed by atoms with Gasteiger partial charge >= 0.3 is 0 Å². The lowest BCUT2D eigenvalue weighted by Crippen LogP contribution is -2.27. The van der Waals surface area contributed by atoms with Crippen LogP contribution in [0, 0.1) is 13.8 Å². The Balaban J connectivity index is 1.77. The average Bonchev–Trinajstić information content (AvgIpc) is 2.52. The van der Waals surface area contributed by atoms with E-state index in [0.717, 1.165) is 5.75 Å². The van der Waals surface area contributed by atoms with Crippen molar-refractivity contribution in [2.24, 2.45) is 0 Å². The zero-order valence-corrected chi connectivity index (χ0v) is 14.3. The van der Waals surface area contributed by atoms with Gasteiger partial charge < -0.3 is 10.6 Å². The third-order valence-corrected chi connectivity index (χ3v) is 4.90. The third-order valence-electron chi connectivity index (χ3n) is 3.68. The molecule has 23 heavy (non-hydrogen) atoms. The number of anilines is 2. The summed E-state index contributed by atoms with van der Waals surface area (Å²) in [6.45, 7) is 4.28. The van der Waals surface area contributed by atoms with Crippen LogP contribution >= 0.6 is 11.8 Å². The molecule has 1 aliphatic heterocycles. The Hall–Kier alpha value is -2.20. The molecule has 0 spiro atoms. The van der Waals surface area contributed by atoms with Crippen LogP contribution in [0.4, 0.5) is 11.5 Å². The molecule has 0 amide bonds. The highest BCUT2D eigenvalue weighted by Crippen LogP contribution is 2.30. The first-order valence-electron chi connectivity index (χ1n) is 7.65. The van der Waals surface area contributed by atoms with Crippen molar-refractivity contribution in [2.45, 2.75) is 25.0 Å². The molecular weight excluding hydrogens is 302 g/mol. The topological polar surface area (TPSA) is 42.2 Å². The standard InChI is InChI=1S/C19H21N3S/c1-14-9-15(2)11-17(10-14)22-8-4-3-5-19(22)23-13-16-6-7-21-18(20)12-16/h3-12,19H,13H2,1-2H3,(H2,20,21). The van der Waals surface area contributed by atoms with Crippen LogP contribution in [0.2, 0.25) is 0 Å². The molecule has 0 aliphatic carbocycles. The number of aromatic nitrogens is 1. The number of rotatable bonds is 4. The molecule has 3 rings (SSSR count). The Kier molecular flexibility index (Phi) is 4.72. The molecule has 0 fully saturated rings. The number of nitrogens with zero attached hydrogens (tertiary/aromatic N) is 2. The number of hydrogen-bond acceptors (Lipinski definition) is 4. The summed E-state index contributed by atoms with van der Waals surface area (Å²) in [6, 6.07) is 10.6. The maximum Gasteiger partial charge on any atom is 0.123 e. The largest absolute Gasteiger partial charge is 0.384 e. The highest BCUT2D eigenvalue weighted by molar-refractivity contribution is 7.99. The molecule has 1 unspecified atom stereocenters. The minimum atomic E-state index is 0.274. The number of hydrogen-bond donors (Lipinski definition) is 1. The van der Waals surface area contributed by atoms with Crippen LogP contribution in [-0.4, -0.2) is 10.4 Å². The van der Waals surface area contributed by atoms with Crippen LogP contribution in [0.15, 0.2) is 61.0 Å². The van der Waals surface area contributed by atoms with Crippen molar-refractivity contribution >= 4 is 23.3 Å². The minimum Gasteiger partial charge on any atom is -0.384 e. The van der Waals surface area contributed by atoms with E-state index in [4.69, 9.17) is 5.73 Å². The molecule has 3 nitrogen and oxygen atoms in total. The molecule has 0 saturated heterocycles. The Labute approximate surface area is 141 Å². The minimum absolute atomic E-state index is 0.274. The first kappa shape index (κ1) is 15.7. The lowest BCUT2D eigenvalue weighted by molar-refractivity contribution is 1.01. The van der Waals surface area contributed by atoms with E-state index in [2.05, 4.69) is 66.4 Å². The fourth-order valence-corrected chi connectivity index (χ4v) is 3.81. The fraction of sp³-hybridized carbons (Fsp3) is 0.211. The highest BCUT2D eigenvalue weighted by atomic mass is 32.2. The summed E-state index contributed by atoms with van der Waals surface area (Å²) in [5.41, 5.74) is 10.8. The molecule has 4 heteroatoms. The van der Waals surface area contributed by atoms with Crippen molar-refractivity contribution in [1.29, 1.82) is 0 Å². The van der Waals surface area contributed by atoms with Crippen molar-refractivity contribution in [3.8, 4) is 0 Å². The van der Waals surface area contributed by atoms with Gasteiger partial charge in [0.25, 0.3) is 0 Å². The Morgan fingerprint density at radius 3 is 2.65 bits per heavy atom. The first-order chi connectivity index (χ1) is 11.1. The van der Waals surface area contributed by atoms with E-state index >= 15 is 0 Å². The van der Waals surface area contributed by atoms with Gasteiger partial charge in [-0.1, -0.05) is 18.2 Å². The van der Waals surface area contributed by atoms with Gasteiger partial charge in [0.15, 0.2) is 0 Å². The van der Waals surface area contributed by atoms with E-state index in [-0.39, 0.29) is 5.37 Å². The first-order valence-corrected chi connectivity index (χ1v) is 8.70. The van der Waals surface area contributed by atoms with Gasteiger partial charge in [0.1, 0.15) is 5.82 Å². The van der Waals surface area contributed by atoms with Crippen molar-refractivity contribution in [3.63, 3.8) is 0 Å². The maximum absolute atomic E-state index is 5.76. The van der Waals surface area contributed by atoms with Crippen molar-refractivity contribution < 1.29 is 0 Å². The molecule has 2 aromatic rings. The second-order valence-corrected chi connectivity index (χ2v) is 6.88. The molecule has 1 aliphatic rings. The van der Waals surface area contributed by atoms with E-state index in [1.165, 1.54) is 22.4 Å². The van der Waals surface area contributed by atoms with Crippen LogP contribution in [0.1, 0.15) is 16.7 Å². The predicted octanol–water partition coefficient (Wildman–Crippen LogP) is 4.43. The summed E-state index contributed by atoms with van der Waals surface area (Å²) in [6.07, 6.45) is 10.3. The van der Waals surface area contributed by atoms with E-state index in [1.807, 2.05) is 23.9 Å². The smallest absolute Gasteiger partial charge is 0.123 e. The lowest BCUT2D eigenvalue weighted by atomic mass is 10.1. The zero-order chi connectivity index (χ0) is 16.2. The van der Waals surface area contributed by atoms with Gasteiger partial charge in [0.2, 0.25) is 0 Å². The summed E-state index contributed by atoms with van der Waals surface area (Å²) < 4.78 is 0. The van der Waals surface area contributed by atoms with E-state index in [9.17, 15) is 0 Å². The van der Waals surface area contributed by atoms with E-state index in [0.29, 0.717) is 5.82 Å². The summed E-state index contributed by atoms with van der Waals surface area (Å²) >= 11 is 1.88. The molecule has 2 N–H and O–H groups in total. The van der Waals surface area contributed by atoms with Crippen molar-refractivity contribution in [3.05, 3.63) is 77.6 Å². The summed E-state index contributed by atoms with van der Waals surface area (Å²) in [5, 5.41) is 0.274. The number of allylic oxidation sites excluding steroid dienone is 2. The van der Waals surface area contributed by atoms with E-state index < -0.39 is 0 Å². The number of thioether (sulfide) groups is 1. The molecule has 1 aromatic carbocycles. The zero-order valence-electron chi connectivity index (χ0n) is 13.4. The average molecular weight is 323 g/mol. The molecule has 1 aromatic heterocycles. The predicted molar refractivity (Wildman–Crippen MR) is 100 cm³/mol. The molecule has 0 saturated carbocycles. The van der Waals surface area contributed by atoms with Crippen LogP contribution in [0.25, 0.3) is 0 Å². The lowest BCUT2D eigenvalue weighted by Gasteiger charge is -2.30. The monoisotopic (exact) mass is 323 g/mol. The van der Waals surface area contributed by atoms with Crippen molar-refractivity contribution in [1.82, 2.24) is 4.98 Å². The van der Waals surface area contributed by atoms with Gasteiger partial charge in [-0.05, 0) is 60.9 Å². The molecular formula is C19H21N3S.